The van der Waals surface area contributed by atoms with Gasteiger partial charge in [0.15, 0.2) is 0 Å². The van der Waals surface area contributed by atoms with Crippen LogP contribution in [-0.2, 0) is 33.9 Å². The second-order valence-electron chi connectivity index (χ2n) is 18.6. The number of nitrogens with zero attached hydrogens (tertiary/aromatic N) is 3. The van der Waals surface area contributed by atoms with Crippen LogP contribution in [0.4, 0.5) is 23.7 Å². The topological polar surface area (TPSA) is 195 Å². The number of sulfonamides is 1. The zero-order valence-electron chi connectivity index (χ0n) is 37.1. The van der Waals surface area contributed by atoms with E-state index in [0.29, 0.717) is 89.8 Å². The molecule has 3 N–H and O–H groups in total. The number of aromatic nitrogens is 1. The highest BCUT2D eigenvalue weighted by Gasteiger charge is 2.63. The van der Waals surface area contributed by atoms with Crippen LogP contribution in [0.25, 0.3) is 10.8 Å². The van der Waals surface area contributed by atoms with Crippen molar-refractivity contribution in [3.63, 3.8) is 0 Å². The molecule has 16 nitrogen and oxygen atoms in total. The van der Waals surface area contributed by atoms with E-state index in [1.807, 2.05) is 19.1 Å². The summed E-state index contributed by atoms with van der Waals surface area (Å²) in [5.41, 5.74) is -3.73. The Morgan fingerprint density at radius 2 is 1.81 bits per heavy atom. The standard InChI is InChI=1S/C44H59F3N6O10S/c1-7-27-20-26(2)10-8-9-11-28-23-43(28,39(56)51-64(58,59)42(5)14-15-42)50-36(54)33-22-30(25-53(33)38(55)35(27)49-40(57)63-41(3,4)44(45,46)47)62-37-31-13-12-29(60-6)21-32(31)34(24-48-37)52-16-18-61-19-17-52/h9,11-13,21,24,26-28,30,33,35H,7-8,10,14-20,22-23,25H2,1-6H3,(H,49,57)(H,50,54)(H,51,56)/b11-9-/t26-,27-,28-,30-,33+,35+,43-/m1/s1. The van der Waals surface area contributed by atoms with Crippen LogP contribution in [0.15, 0.2) is 36.5 Å². The van der Waals surface area contributed by atoms with Crippen LogP contribution in [0.1, 0.15) is 86.0 Å². The molecule has 2 saturated heterocycles. The Bertz CT molecular complexity index is 2270. The van der Waals surface area contributed by atoms with Gasteiger partial charge in [0.2, 0.25) is 33.3 Å². The number of fused-ring (bicyclic) bond motifs is 3. The van der Waals surface area contributed by atoms with Crippen LogP contribution in [0.5, 0.6) is 11.6 Å². The molecule has 0 spiro atoms. The third-order valence-electron chi connectivity index (χ3n) is 13.6. The minimum atomic E-state index is -4.92. The lowest BCUT2D eigenvalue weighted by Crippen LogP contribution is -2.60. The summed E-state index contributed by atoms with van der Waals surface area (Å²) in [5.74, 6) is -2.84. The van der Waals surface area contributed by atoms with E-state index < -0.39 is 85.9 Å². The van der Waals surface area contributed by atoms with Gasteiger partial charge in [0.25, 0.3) is 5.91 Å². The second-order valence-corrected chi connectivity index (χ2v) is 20.8. The third kappa shape index (κ3) is 9.58. The number of morpholine rings is 1. The summed E-state index contributed by atoms with van der Waals surface area (Å²) in [7, 11) is -2.54. The Kier molecular flexibility index (Phi) is 13.1. The predicted molar refractivity (Wildman–Crippen MR) is 229 cm³/mol. The first-order chi connectivity index (χ1) is 30.1. The third-order valence-corrected chi connectivity index (χ3v) is 15.7. The first-order valence-corrected chi connectivity index (χ1v) is 23.5. The second kappa shape index (κ2) is 17.9. The highest BCUT2D eigenvalue weighted by atomic mass is 32.2. The van der Waals surface area contributed by atoms with E-state index >= 15 is 4.79 Å². The van der Waals surface area contributed by atoms with Crippen LogP contribution >= 0.6 is 0 Å². The van der Waals surface area contributed by atoms with Gasteiger partial charge in [0.05, 0.1) is 43.5 Å². The SMILES string of the molecule is CC[C@@H]1C[C@H](C)CC/C=C\[C@@H]2C[C@@]2(C(=O)NS(=O)(=O)C2(C)CC2)NC(=O)[C@@H]2C[C@@H](Oc3ncc(N4CCOCC4)c4cc(OC)ccc34)CN2C(=O)[C@H]1NC(=O)OC(C)(C)C(F)(F)F. The monoisotopic (exact) mass is 920 g/mol. The Hall–Kier alpha value is -4.85. The molecule has 4 heterocycles. The number of alkyl carbamates (subject to hydrolysis) is 1. The summed E-state index contributed by atoms with van der Waals surface area (Å²) >= 11 is 0. The molecule has 2 aliphatic carbocycles. The van der Waals surface area contributed by atoms with E-state index in [2.05, 4.69) is 20.3 Å². The van der Waals surface area contributed by atoms with Crippen LogP contribution in [0, 0.1) is 17.8 Å². The normalized spacial score (nSPS) is 29.3. The van der Waals surface area contributed by atoms with Gasteiger partial charge in [0.1, 0.15) is 29.5 Å². The van der Waals surface area contributed by atoms with Gasteiger partial charge >= 0.3 is 12.3 Å². The van der Waals surface area contributed by atoms with E-state index in [-0.39, 0.29) is 31.2 Å². The molecule has 0 unspecified atom stereocenters. The van der Waals surface area contributed by atoms with Gasteiger partial charge in [-0.2, -0.15) is 13.2 Å². The van der Waals surface area contributed by atoms with Gasteiger partial charge in [-0.05, 0) is 89.3 Å². The van der Waals surface area contributed by atoms with E-state index in [1.165, 1.54) is 4.90 Å². The zero-order chi connectivity index (χ0) is 46.4. The zero-order valence-corrected chi connectivity index (χ0v) is 37.9. The lowest BCUT2D eigenvalue weighted by molar-refractivity contribution is -0.244. The van der Waals surface area contributed by atoms with Gasteiger partial charge in [-0.15, -0.1) is 0 Å². The number of hydrogen-bond donors (Lipinski definition) is 3. The average molecular weight is 921 g/mol. The quantitative estimate of drug-likeness (QED) is 0.266. The van der Waals surface area contributed by atoms with Crippen molar-refractivity contribution in [3.8, 4) is 11.6 Å². The van der Waals surface area contributed by atoms with Crippen molar-refractivity contribution in [1.29, 1.82) is 0 Å². The van der Waals surface area contributed by atoms with E-state index in [4.69, 9.17) is 23.9 Å². The molecule has 0 radical (unpaired) electrons. The number of methoxy groups -OCH3 is 1. The van der Waals surface area contributed by atoms with E-state index in [0.717, 1.165) is 11.1 Å². The number of carbonyl (C=O) groups is 4. The Morgan fingerprint density at radius 1 is 1.09 bits per heavy atom. The maximum absolute atomic E-state index is 15.1. The molecular weight excluding hydrogens is 862 g/mol. The van der Waals surface area contributed by atoms with Crippen molar-refractivity contribution in [2.45, 2.75) is 126 Å². The molecule has 4 amide bonds. The average Bonchev–Trinajstić information content (AvgIpc) is 4.13. The minimum absolute atomic E-state index is 0.0419. The van der Waals surface area contributed by atoms with Crippen LogP contribution < -0.4 is 29.7 Å². The number of amides is 4. The Morgan fingerprint density at radius 3 is 2.47 bits per heavy atom. The number of rotatable bonds is 10. The highest BCUT2D eigenvalue weighted by Crippen LogP contribution is 2.48. The van der Waals surface area contributed by atoms with Crippen molar-refractivity contribution in [2.24, 2.45) is 17.8 Å². The van der Waals surface area contributed by atoms with Gasteiger partial charge < -0.3 is 39.4 Å². The van der Waals surface area contributed by atoms with Gasteiger partial charge in [-0.1, -0.05) is 32.4 Å². The maximum atomic E-state index is 15.1. The maximum Gasteiger partial charge on any atom is 0.427 e. The van der Waals surface area contributed by atoms with Crippen LogP contribution in [0.3, 0.4) is 0 Å². The minimum Gasteiger partial charge on any atom is -0.497 e. The number of anilines is 1. The summed E-state index contributed by atoms with van der Waals surface area (Å²) in [6.07, 6.45) is 0.668. The fourth-order valence-corrected chi connectivity index (χ4v) is 10.2. The summed E-state index contributed by atoms with van der Waals surface area (Å²) in [5, 5.41) is 6.68. The fourth-order valence-electron chi connectivity index (χ4n) is 8.88. The molecule has 4 fully saturated rings. The molecule has 5 aliphatic rings. The number of ether oxygens (including phenoxy) is 4. The number of benzene rings is 1. The number of carbonyl (C=O) groups excluding carboxylic acids is 4. The molecule has 20 heteroatoms. The lowest BCUT2D eigenvalue weighted by atomic mass is 9.85. The predicted octanol–water partition coefficient (Wildman–Crippen LogP) is 5.14. The summed E-state index contributed by atoms with van der Waals surface area (Å²) in [4.78, 5) is 65.3. The lowest BCUT2D eigenvalue weighted by Gasteiger charge is -2.35. The first kappa shape index (κ1) is 47.1. The summed E-state index contributed by atoms with van der Waals surface area (Å²) in [6, 6.07) is 2.64. The van der Waals surface area contributed by atoms with Crippen molar-refractivity contribution < 1.29 is 59.7 Å². The molecule has 352 valence electrons. The molecule has 64 heavy (non-hydrogen) atoms. The Labute approximate surface area is 371 Å². The summed E-state index contributed by atoms with van der Waals surface area (Å²) in [6.45, 7) is 8.80. The van der Waals surface area contributed by atoms with E-state index in [9.17, 15) is 36.0 Å². The van der Waals surface area contributed by atoms with Crippen molar-refractivity contribution in [3.05, 3.63) is 36.5 Å². The number of alkyl halides is 3. The first-order valence-electron chi connectivity index (χ1n) is 22.0. The van der Waals surface area contributed by atoms with E-state index in [1.54, 1.807) is 45.4 Å². The molecule has 0 bridgehead atoms. The smallest absolute Gasteiger partial charge is 0.427 e. The van der Waals surface area contributed by atoms with Gasteiger partial charge in [0, 0.05) is 36.2 Å². The van der Waals surface area contributed by atoms with Crippen molar-refractivity contribution in [1.82, 2.24) is 25.2 Å². The number of hydrogen-bond acceptors (Lipinski definition) is 12. The molecule has 1 aromatic carbocycles. The van der Waals surface area contributed by atoms with Gasteiger partial charge in [-0.3, -0.25) is 19.1 Å². The number of pyridine rings is 1. The molecule has 3 aliphatic heterocycles. The number of nitrogens with one attached hydrogen (secondary N) is 3. The number of allylic oxidation sites excluding steroid dienone is 1. The molecule has 7 atom stereocenters. The van der Waals surface area contributed by atoms with Crippen molar-refractivity contribution in [2.75, 3.05) is 44.9 Å². The largest absolute Gasteiger partial charge is 0.497 e. The van der Waals surface area contributed by atoms with Crippen molar-refractivity contribution >= 4 is 50.3 Å². The molecular formula is C44H59F3N6O10S. The highest BCUT2D eigenvalue weighted by molar-refractivity contribution is 7.91. The van der Waals surface area contributed by atoms with Crippen LogP contribution in [-0.4, -0.2) is 122 Å². The Balaban J connectivity index is 1.25. The molecule has 2 saturated carbocycles. The molecule has 7 rings (SSSR count). The fraction of sp³-hybridized carbons (Fsp3) is 0.659. The number of halogens is 3. The molecule has 1 aromatic heterocycles. The van der Waals surface area contributed by atoms with Gasteiger partial charge in [-0.25, -0.2) is 18.2 Å². The van der Waals surface area contributed by atoms with Crippen LogP contribution in [0.2, 0.25) is 0 Å². The summed E-state index contributed by atoms with van der Waals surface area (Å²) < 4.78 is 92.0. The molecule has 2 aromatic rings.